The van der Waals surface area contributed by atoms with E-state index in [-0.39, 0.29) is 24.2 Å². The van der Waals surface area contributed by atoms with E-state index in [2.05, 4.69) is 17.2 Å². The fourth-order valence-corrected chi connectivity index (χ4v) is 5.24. The molecule has 0 saturated heterocycles. The van der Waals surface area contributed by atoms with Crippen molar-refractivity contribution < 1.29 is 9.53 Å². The molecule has 2 heterocycles. The number of hydrogen-bond acceptors (Lipinski definition) is 6. The van der Waals surface area contributed by atoms with Crippen LogP contribution in [0.3, 0.4) is 0 Å². The van der Waals surface area contributed by atoms with Crippen molar-refractivity contribution in [2.75, 3.05) is 0 Å². The highest BCUT2D eigenvalue weighted by atomic mass is 32.1. The van der Waals surface area contributed by atoms with Crippen molar-refractivity contribution in [2.24, 2.45) is 5.92 Å². The van der Waals surface area contributed by atoms with Crippen molar-refractivity contribution in [1.82, 2.24) is 15.0 Å². The molecule has 2 aromatic heterocycles. The van der Waals surface area contributed by atoms with Gasteiger partial charge in [-0.25, -0.2) is 0 Å². The van der Waals surface area contributed by atoms with Crippen molar-refractivity contribution in [3.05, 3.63) is 20.8 Å². The van der Waals surface area contributed by atoms with E-state index in [0.717, 1.165) is 50.5 Å². The maximum absolute atomic E-state index is 12.8. The van der Waals surface area contributed by atoms with Crippen LogP contribution in [0.2, 0.25) is 0 Å². The first-order valence-electron chi connectivity index (χ1n) is 9.19. The Hall–Kier alpha value is -1.76. The highest BCUT2D eigenvalue weighted by molar-refractivity contribution is 7.18. The van der Waals surface area contributed by atoms with Crippen LogP contribution in [-0.2, 0) is 28.9 Å². The summed E-state index contributed by atoms with van der Waals surface area (Å²) in [7, 11) is 0. The van der Waals surface area contributed by atoms with Gasteiger partial charge in [-0.3, -0.25) is 9.59 Å². The van der Waals surface area contributed by atoms with E-state index in [1.54, 1.807) is 11.3 Å². The molecule has 1 atom stereocenters. The smallest absolute Gasteiger partial charge is 0.328 e. The maximum atomic E-state index is 12.8. The normalized spacial score (nSPS) is 21.2. The lowest BCUT2D eigenvalue weighted by Crippen LogP contribution is -2.31. The summed E-state index contributed by atoms with van der Waals surface area (Å²) >= 11 is 1.57. The van der Waals surface area contributed by atoms with Crippen molar-refractivity contribution in [1.29, 1.82) is 0 Å². The molecule has 0 aromatic carbocycles. The molecular formula is C18H23N3O3S. The molecule has 1 fully saturated rings. The largest absolute Gasteiger partial charge is 0.461 e. The first kappa shape index (κ1) is 16.7. The molecule has 0 amide bonds. The number of aryl methyl sites for hydroxylation is 1. The summed E-state index contributed by atoms with van der Waals surface area (Å²) in [5, 5.41) is 8.82. The van der Waals surface area contributed by atoms with E-state index in [4.69, 9.17) is 4.74 Å². The highest BCUT2D eigenvalue weighted by Crippen LogP contribution is 2.35. The summed E-state index contributed by atoms with van der Waals surface area (Å²) < 4.78 is 6.67. The van der Waals surface area contributed by atoms with Crippen LogP contribution in [0, 0.1) is 5.92 Å². The van der Waals surface area contributed by atoms with E-state index >= 15 is 0 Å². The number of aromatic nitrogens is 3. The van der Waals surface area contributed by atoms with Gasteiger partial charge >= 0.3 is 5.97 Å². The molecule has 1 unspecified atom stereocenters. The van der Waals surface area contributed by atoms with E-state index in [0.29, 0.717) is 16.1 Å². The van der Waals surface area contributed by atoms with Gasteiger partial charge in [0.15, 0.2) is 4.83 Å². The van der Waals surface area contributed by atoms with E-state index < -0.39 is 0 Å². The minimum atomic E-state index is -0.389. The van der Waals surface area contributed by atoms with Crippen LogP contribution in [0.25, 0.3) is 10.2 Å². The van der Waals surface area contributed by atoms with Crippen molar-refractivity contribution >= 4 is 27.5 Å². The standard InChI is InChI=1S/C18H23N3O3S/c1-11-7-8-13-14(9-11)25-17-16(13)18(23)21(20-19-17)10-15(22)24-12-5-3-2-4-6-12/h11-12H,2-10H2,1H3. The second-order valence-electron chi connectivity index (χ2n) is 7.33. The zero-order valence-electron chi connectivity index (χ0n) is 14.5. The molecule has 0 aliphatic heterocycles. The Kier molecular flexibility index (Phi) is 4.58. The molecule has 6 nitrogen and oxygen atoms in total. The topological polar surface area (TPSA) is 74.1 Å². The summed E-state index contributed by atoms with van der Waals surface area (Å²) in [5.41, 5.74) is 0.907. The number of hydrogen-bond donors (Lipinski definition) is 0. The minimum absolute atomic E-state index is 0.0102. The summed E-state index contributed by atoms with van der Waals surface area (Å²) in [6.45, 7) is 2.08. The monoisotopic (exact) mass is 361 g/mol. The Morgan fingerprint density at radius 1 is 1.28 bits per heavy atom. The molecule has 25 heavy (non-hydrogen) atoms. The second-order valence-corrected chi connectivity index (χ2v) is 8.42. The fraction of sp³-hybridized carbons (Fsp3) is 0.667. The number of carbonyl (C=O) groups is 1. The zero-order valence-corrected chi connectivity index (χ0v) is 15.3. The van der Waals surface area contributed by atoms with Crippen molar-refractivity contribution in [2.45, 2.75) is 70.9 Å². The Morgan fingerprint density at radius 2 is 2.08 bits per heavy atom. The summed E-state index contributed by atoms with van der Waals surface area (Å²) in [6, 6.07) is 0. The lowest BCUT2D eigenvalue weighted by Gasteiger charge is -2.21. The van der Waals surface area contributed by atoms with Crippen LogP contribution in [0.5, 0.6) is 0 Å². The molecule has 134 valence electrons. The predicted molar refractivity (Wildman–Crippen MR) is 95.8 cm³/mol. The van der Waals surface area contributed by atoms with Gasteiger partial charge < -0.3 is 4.74 Å². The van der Waals surface area contributed by atoms with Gasteiger partial charge in [0.05, 0.1) is 5.39 Å². The molecule has 0 spiro atoms. The molecule has 0 N–H and O–H groups in total. The number of nitrogens with zero attached hydrogens (tertiary/aromatic N) is 3. The number of carbonyl (C=O) groups excluding carboxylic acids is 1. The third-order valence-electron chi connectivity index (χ3n) is 5.31. The molecule has 1 saturated carbocycles. The molecule has 7 heteroatoms. The highest BCUT2D eigenvalue weighted by Gasteiger charge is 2.24. The molecule has 0 bridgehead atoms. The number of thiophene rings is 1. The number of rotatable bonds is 3. The fourth-order valence-electron chi connectivity index (χ4n) is 3.92. The van der Waals surface area contributed by atoms with Crippen LogP contribution in [0.4, 0.5) is 0 Å². The Labute approximate surface area is 150 Å². The van der Waals surface area contributed by atoms with Gasteiger partial charge in [0.25, 0.3) is 5.56 Å². The van der Waals surface area contributed by atoms with Crippen LogP contribution in [0.1, 0.15) is 55.9 Å². The van der Waals surface area contributed by atoms with Crippen LogP contribution in [0.15, 0.2) is 4.79 Å². The SMILES string of the molecule is CC1CCc2c(sc3nnn(CC(=O)OC4CCCCC4)c(=O)c23)C1. The van der Waals surface area contributed by atoms with Crippen molar-refractivity contribution in [3.63, 3.8) is 0 Å². The lowest BCUT2D eigenvalue weighted by molar-refractivity contribution is -0.151. The molecule has 2 aliphatic rings. The molecular weight excluding hydrogens is 338 g/mol. The van der Waals surface area contributed by atoms with Gasteiger partial charge in [0.1, 0.15) is 12.6 Å². The van der Waals surface area contributed by atoms with Crippen molar-refractivity contribution in [3.8, 4) is 0 Å². The van der Waals surface area contributed by atoms with Gasteiger partial charge in [-0.15, -0.1) is 16.4 Å². The van der Waals surface area contributed by atoms with E-state index in [9.17, 15) is 9.59 Å². The molecule has 2 aliphatic carbocycles. The summed E-state index contributed by atoms with van der Waals surface area (Å²) in [5.74, 6) is 0.251. The lowest BCUT2D eigenvalue weighted by atomic mass is 9.89. The van der Waals surface area contributed by atoms with E-state index in [1.807, 2.05) is 0 Å². The molecule has 4 rings (SSSR count). The van der Waals surface area contributed by atoms with Crippen LogP contribution < -0.4 is 5.56 Å². The Morgan fingerprint density at radius 3 is 2.88 bits per heavy atom. The van der Waals surface area contributed by atoms with Gasteiger partial charge in [0, 0.05) is 4.88 Å². The average Bonchev–Trinajstić information content (AvgIpc) is 2.96. The van der Waals surface area contributed by atoms with Gasteiger partial charge in [-0.2, -0.15) is 4.68 Å². The maximum Gasteiger partial charge on any atom is 0.328 e. The Bertz CT molecular complexity index is 851. The predicted octanol–water partition coefficient (Wildman–Crippen LogP) is 2.85. The average molecular weight is 361 g/mol. The number of esters is 1. The first-order valence-corrected chi connectivity index (χ1v) is 10.0. The summed E-state index contributed by atoms with van der Waals surface area (Å²) in [4.78, 5) is 27.0. The first-order chi connectivity index (χ1) is 12.1. The zero-order chi connectivity index (χ0) is 17.4. The van der Waals surface area contributed by atoms with Gasteiger partial charge in [-0.1, -0.05) is 18.6 Å². The van der Waals surface area contributed by atoms with E-state index in [1.165, 1.54) is 16.0 Å². The van der Waals surface area contributed by atoms with Crippen LogP contribution in [-0.4, -0.2) is 27.1 Å². The minimum Gasteiger partial charge on any atom is -0.461 e. The quantitative estimate of drug-likeness (QED) is 0.786. The molecule has 0 radical (unpaired) electrons. The van der Waals surface area contributed by atoms with Crippen LogP contribution >= 0.6 is 11.3 Å². The van der Waals surface area contributed by atoms with Gasteiger partial charge in [-0.05, 0) is 56.4 Å². The Balaban J connectivity index is 1.57. The number of fused-ring (bicyclic) bond motifs is 3. The molecule has 2 aromatic rings. The summed E-state index contributed by atoms with van der Waals surface area (Å²) in [6.07, 6.45) is 8.23. The third-order valence-corrected chi connectivity index (χ3v) is 6.45. The third kappa shape index (κ3) is 3.34. The van der Waals surface area contributed by atoms with Gasteiger partial charge in [0.2, 0.25) is 0 Å². The second kappa shape index (κ2) is 6.86. The number of ether oxygens (including phenoxy) is 1.